The van der Waals surface area contributed by atoms with E-state index in [9.17, 15) is 0 Å². The number of anilines is 1. The zero-order valence-electron chi connectivity index (χ0n) is 17.2. The Morgan fingerprint density at radius 3 is 2.79 bits per heavy atom. The minimum atomic E-state index is 0.348. The lowest BCUT2D eigenvalue weighted by molar-refractivity contribution is 0.118. The number of fused-ring (bicyclic) bond motifs is 1. The molecule has 28 heavy (non-hydrogen) atoms. The standard InChI is InChI=1S/C23H33N3OS/c1-16-8-9-21-22(26(16)2)11-10-20(23(21)27-19-6-3-7-19)17(13-24)14-25-18-5-4-12-28-15-18/h10-11,13-14,16,18-19H,3-9,12,15,24H2,1-2H3. The van der Waals surface area contributed by atoms with Crippen LogP contribution in [0.1, 0.15) is 56.6 Å². The van der Waals surface area contributed by atoms with Crippen molar-refractivity contribution >= 4 is 29.2 Å². The zero-order chi connectivity index (χ0) is 19.5. The summed E-state index contributed by atoms with van der Waals surface area (Å²) in [5.41, 5.74) is 10.8. The third kappa shape index (κ3) is 4.05. The van der Waals surface area contributed by atoms with Crippen LogP contribution in [0.2, 0.25) is 0 Å². The predicted molar refractivity (Wildman–Crippen MR) is 122 cm³/mol. The molecule has 4 rings (SSSR count). The summed E-state index contributed by atoms with van der Waals surface area (Å²) in [6.07, 6.45) is 12.3. The van der Waals surface area contributed by atoms with E-state index in [-0.39, 0.29) is 0 Å². The molecule has 0 bridgehead atoms. The Balaban J connectivity index is 1.67. The normalized spacial score (nSPS) is 26.2. The molecule has 152 valence electrons. The van der Waals surface area contributed by atoms with Crippen LogP contribution < -0.4 is 15.4 Å². The van der Waals surface area contributed by atoms with Gasteiger partial charge in [-0.15, -0.1) is 0 Å². The largest absolute Gasteiger partial charge is 0.489 e. The lowest BCUT2D eigenvalue weighted by Crippen LogP contribution is -2.34. The van der Waals surface area contributed by atoms with Crippen LogP contribution in [0, 0.1) is 0 Å². The summed E-state index contributed by atoms with van der Waals surface area (Å²) in [4.78, 5) is 7.25. The highest BCUT2D eigenvalue weighted by molar-refractivity contribution is 7.99. The van der Waals surface area contributed by atoms with Gasteiger partial charge in [0.1, 0.15) is 5.75 Å². The lowest BCUT2D eigenvalue weighted by atomic mass is 9.91. The maximum absolute atomic E-state index is 6.55. The van der Waals surface area contributed by atoms with Gasteiger partial charge in [0, 0.05) is 53.6 Å². The van der Waals surface area contributed by atoms with Crippen molar-refractivity contribution in [1.29, 1.82) is 0 Å². The molecule has 1 aromatic carbocycles. The second kappa shape index (κ2) is 8.81. The monoisotopic (exact) mass is 399 g/mol. The van der Waals surface area contributed by atoms with Crippen LogP contribution >= 0.6 is 11.8 Å². The smallest absolute Gasteiger partial charge is 0.132 e. The van der Waals surface area contributed by atoms with Gasteiger partial charge in [-0.3, -0.25) is 4.99 Å². The van der Waals surface area contributed by atoms with Gasteiger partial charge in [-0.2, -0.15) is 11.8 Å². The molecular weight excluding hydrogens is 366 g/mol. The van der Waals surface area contributed by atoms with Gasteiger partial charge in [-0.1, -0.05) is 0 Å². The van der Waals surface area contributed by atoms with E-state index in [1.807, 2.05) is 18.0 Å². The Morgan fingerprint density at radius 2 is 2.11 bits per heavy atom. The number of nitrogens with two attached hydrogens (primary N) is 1. The minimum Gasteiger partial charge on any atom is -0.489 e. The molecule has 2 N–H and O–H groups in total. The zero-order valence-corrected chi connectivity index (χ0v) is 18.0. The second-order valence-corrected chi connectivity index (χ2v) is 9.53. The van der Waals surface area contributed by atoms with Gasteiger partial charge in [0.2, 0.25) is 0 Å². The quantitative estimate of drug-likeness (QED) is 0.732. The first-order valence-corrected chi connectivity index (χ1v) is 11.9. The molecule has 5 heteroatoms. The van der Waals surface area contributed by atoms with Gasteiger partial charge in [-0.25, -0.2) is 0 Å². The third-order valence-electron chi connectivity index (χ3n) is 6.48. The van der Waals surface area contributed by atoms with Gasteiger partial charge in [0.05, 0.1) is 12.1 Å². The van der Waals surface area contributed by atoms with Crippen LogP contribution in [-0.2, 0) is 6.42 Å². The lowest BCUT2D eigenvalue weighted by Gasteiger charge is -2.37. The fourth-order valence-corrected chi connectivity index (χ4v) is 5.28. The topological polar surface area (TPSA) is 50.9 Å². The van der Waals surface area contributed by atoms with Crippen LogP contribution in [0.15, 0.2) is 23.3 Å². The fourth-order valence-electron chi connectivity index (χ4n) is 4.22. The molecule has 1 aromatic rings. The molecule has 2 aliphatic heterocycles. The van der Waals surface area contributed by atoms with Crippen molar-refractivity contribution in [3.8, 4) is 5.75 Å². The van der Waals surface area contributed by atoms with Gasteiger partial charge in [0.25, 0.3) is 0 Å². The molecule has 2 fully saturated rings. The SMILES string of the molecule is CC1CCc2c(ccc(C(C=NC3CCCSC3)=CN)c2OC2CCC2)N1C. The van der Waals surface area contributed by atoms with Crippen molar-refractivity contribution in [3.05, 3.63) is 29.5 Å². The number of aliphatic imine (C=N–C) groups is 1. The van der Waals surface area contributed by atoms with Crippen molar-refractivity contribution in [2.45, 2.75) is 70.1 Å². The third-order valence-corrected chi connectivity index (χ3v) is 7.67. The highest BCUT2D eigenvalue weighted by Gasteiger charge is 2.28. The molecule has 4 nitrogen and oxygen atoms in total. The van der Waals surface area contributed by atoms with Gasteiger partial charge < -0.3 is 15.4 Å². The van der Waals surface area contributed by atoms with Crippen LogP contribution in [0.3, 0.4) is 0 Å². The summed E-state index contributed by atoms with van der Waals surface area (Å²) >= 11 is 2.00. The summed E-state index contributed by atoms with van der Waals surface area (Å²) < 4.78 is 6.55. The maximum atomic E-state index is 6.55. The van der Waals surface area contributed by atoms with Crippen molar-refractivity contribution in [3.63, 3.8) is 0 Å². The summed E-state index contributed by atoms with van der Waals surface area (Å²) in [6.45, 7) is 2.30. The molecule has 0 radical (unpaired) electrons. The molecule has 1 saturated heterocycles. The summed E-state index contributed by atoms with van der Waals surface area (Å²) in [5.74, 6) is 3.43. The number of benzene rings is 1. The van der Waals surface area contributed by atoms with Gasteiger partial charge >= 0.3 is 0 Å². The molecule has 1 saturated carbocycles. The van der Waals surface area contributed by atoms with E-state index < -0.39 is 0 Å². The highest BCUT2D eigenvalue weighted by Crippen LogP contribution is 2.42. The molecule has 0 aromatic heterocycles. The number of ether oxygens (including phenoxy) is 1. The van der Waals surface area contributed by atoms with E-state index in [1.165, 1.54) is 36.3 Å². The number of hydrogen-bond acceptors (Lipinski definition) is 5. The van der Waals surface area contributed by atoms with Crippen molar-refractivity contribution in [1.82, 2.24) is 0 Å². The van der Waals surface area contributed by atoms with E-state index in [0.717, 1.165) is 48.3 Å². The Hall–Kier alpha value is -1.62. The van der Waals surface area contributed by atoms with Crippen molar-refractivity contribution in [2.24, 2.45) is 10.7 Å². The molecule has 1 aliphatic carbocycles. The molecule has 2 atom stereocenters. The summed E-state index contributed by atoms with van der Waals surface area (Å²) in [7, 11) is 2.19. The molecule has 0 spiro atoms. The average Bonchev–Trinajstić information content (AvgIpc) is 2.69. The number of allylic oxidation sites excluding steroid dienone is 1. The Labute approximate surface area is 173 Å². The predicted octanol–water partition coefficient (Wildman–Crippen LogP) is 4.65. The number of nitrogens with zero attached hydrogens (tertiary/aromatic N) is 2. The number of thioether (sulfide) groups is 1. The molecule has 0 amide bonds. The molecule has 2 unspecified atom stereocenters. The molecule has 2 heterocycles. The molecular formula is C23H33N3OS. The van der Waals surface area contributed by atoms with Gasteiger partial charge in [-0.05, 0) is 69.8 Å². The Bertz CT molecular complexity index is 750. The van der Waals surface area contributed by atoms with Crippen LogP contribution in [0.25, 0.3) is 5.57 Å². The second-order valence-electron chi connectivity index (χ2n) is 8.38. The van der Waals surface area contributed by atoms with Crippen molar-refractivity contribution in [2.75, 3.05) is 23.5 Å². The first-order valence-electron chi connectivity index (χ1n) is 10.8. The first kappa shape index (κ1) is 19.7. The number of hydrogen-bond donors (Lipinski definition) is 1. The van der Waals surface area contributed by atoms with E-state index in [4.69, 9.17) is 15.5 Å². The van der Waals surface area contributed by atoms with E-state index in [0.29, 0.717) is 18.2 Å². The van der Waals surface area contributed by atoms with Crippen LogP contribution in [0.5, 0.6) is 5.75 Å². The molecule has 3 aliphatic rings. The number of rotatable bonds is 5. The van der Waals surface area contributed by atoms with Crippen molar-refractivity contribution < 1.29 is 4.74 Å². The van der Waals surface area contributed by atoms with E-state index in [2.05, 4.69) is 31.0 Å². The van der Waals surface area contributed by atoms with Crippen LogP contribution in [-0.4, -0.2) is 43.0 Å². The Kier molecular flexibility index (Phi) is 6.19. The summed E-state index contributed by atoms with van der Waals surface area (Å²) in [5, 5.41) is 0. The average molecular weight is 400 g/mol. The summed E-state index contributed by atoms with van der Waals surface area (Å²) in [6, 6.07) is 5.39. The van der Waals surface area contributed by atoms with Gasteiger partial charge in [0.15, 0.2) is 0 Å². The van der Waals surface area contributed by atoms with Crippen LogP contribution in [0.4, 0.5) is 5.69 Å². The Morgan fingerprint density at radius 1 is 1.25 bits per heavy atom. The highest BCUT2D eigenvalue weighted by atomic mass is 32.2. The minimum absolute atomic E-state index is 0.348. The maximum Gasteiger partial charge on any atom is 0.132 e. The fraction of sp³-hybridized carbons (Fsp3) is 0.609. The van der Waals surface area contributed by atoms with E-state index in [1.54, 1.807) is 6.20 Å². The first-order chi connectivity index (χ1) is 13.7. The van der Waals surface area contributed by atoms with E-state index >= 15 is 0 Å².